The molecule has 10 heavy (non-hydrogen) atoms. The summed E-state index contributed by atoms with van der Waals surface area (Å²) in [5.41, 5.74) is 0. The van der Waals surface area contributed by atoms with Crippen LogP contribution in [0.2, 0.25) is 0 Å². The first-order chi connectivity index (χ1) is 4.42. The fourth-order valence-electron chi connectivity index (χ4n) is 0.768. The summed E-state index contributed by atoms with van der Waals surface area (Å²) in [6.45, 7) is 1.71. The van der Waals surface area contributed by atoms with E-state index in [9.17, 15) is 5.21 Å². The first-order valence-corrected chi connectivity index (χ1v) is 3.60. The van der Waals surface area contributed by atoms with Gasteiger partial charge < -0.3 is 14.8 Å². The van der Waals surface area contributed by atoms with E-state index in [2.05, 4.69) is 4.90 Å². The molecule has 0 saturated heterocycles. The molecule has 3 nitrogen and oxygen atoms in total. The van der Waals surface area contributed by atoms with Crippen molar-refractivity contribution in [3.05, 3.63) is 5.21 Å². The molecule has 0 aromatic carbocycles. The van der Waals surface area contributed by atoms with Gasteiger partial charge in [-0.15, -0.1) is 0 Å². The Balaban J connectivity index is 3.21. The highest BCUT2D eigenvalue weighted by Gasteiger charge is 2.00. The summed E-state index contributed by atoms with van der Waals surface area (Å²) in [6, 6.07) is 0. The second-order valence-electron chi connectivity index (χ2n) is 3.45. The van der Waals surface area contributed by atoms with E-state index in [1.807, 2.05) is 14.1 Å². The molecule has 0 spiro atoms. The Morgan fingerprint density at radius 2 is 1.80 bits per heavy atom. The van der Waals surface area contributed by atoms with Crippen LogP contribution in [0.25, 0.3) is 0 Å². The Morgan fingerprint density at radius 1 is 1.30 bits per heavy atom. The SMILES string of the molecule is CN(C)CCC[N+](C)(C)[O-]. The van der Waals surface area contributed by atoms with Crippen LogP contribution in [-0.4, -0.2) is 50.8 Å². The van der Waals surface area contributed by atoms with E-state index in [0.717, 1.165) is 13.0 Å². The van der Waals surface area contributed by atoms with Gasteiger partial charge in [-0.05, 0) is 14.1 Å². The van der Waals surface area contributed by atoms with Gasteiger partial charge in [-0.25, -0.2) is 0 Å². The lowest BCUT2D eigenvalue weighted by Gasteiger charge is -2.33. The predicted molar refractivity (Wildman–Crippen MR) is 43.5 cm³/mol. The molecule has 0 atom stereocenters. The van der Waals surface area contributed by atoms with Gasteiger partial charge in [0, 0.05) is 13.0 Å². The normalized spacial score (nSPS) is 12.6. The third kappa shape index (κ3) is 7.88. The zero-order valence-electron chi connectivity index (χ0n) is 7.42. The first kappa shape index (κ1) is 9.88. The third-order valence-electron chi connectivity index (χ3n) is 1.30. The van der Waals surface area contributed by atoms with E-state index in [1.54, 1.807) is 14.1 Å². The van der Waals surface area contributed by atoms with Crippen molar-refractivity contribution in [3.8, 4) is 0 Å². The van der Waals surface area contributed by atoms with Gasteiger partial charge in [0.25, 0.3) is 0 Å². The molecule has 3 heteroatoms. The average molecular weight is 146 g/mol. The maximum Gasteiger partial charge on any atom is 0.0792 e. The first-order valence-electron chi connectivity index (χ1n) is 3.60. The number of hydrogen-bond donors (Lipinski definition) is 0. The minimum atomic E-state index is -0.173. The number of nitrogens with zero attached hydrogens (tertiary/aromatic N) is 2. The van der Waals surface area contributed by atoms with Crippen LogP contribution < -0.4 is 0 Å². The van der Waals surface area contributed by atoms with Crippen LogP contribution in [0.15, 0.2) is 0 Å². The number of quaternary nitrogens is 1. The summed E-state index contributed by atoms with van der Waals surface area (Å²) in [7, 11) is 7.39. The Hall–Kier alpha value is -0.120. The molecule has 0 aromatic heterocycles. The minimum Gasteiger partial charge on any atom is -0.633 e. The summed E-state index contributed by atoms with van der Waals surface area (Å²) in [6.07, 6.45) is 0.976. The quantitative estimate of drug-likeness (QED) is 0.427. The lowest BCUT2D eigenvalue weighted by atomic mass is 10.4. The lowest BCUT2D eigenvalue weighted by Crippen LogP contribution is -2.34. The Kier molecular flexibility index (Phi) is 3.86. The molecule has 0 radical (unpaired) electrons. The minimum absolute atomic E-state index is 0.173. The van der Waals surface area contributed by atoms with Crippen LogP contribution in [0.4, 0.5) is 0 Å². The zero-order chi connectivity index (χ0) is 8.20. The van der Waals surface area contributed by atoms with Crippen molar-refractivity contribution < 1.29 is 4.65 Å². The maximum atomic E-state index is 11.0. The van der Waals surface area contributed by atoms with Crippen LogP contribution in [0, 0.1) is 5.21 Å². The molecule has 0 unspecified atom stereocenters. The van der Waals surface area contributed by atoms with Crippen LogP contribution in [0.5, 0.6) is 0 Å². The molecule has 0 aliphatic carbocycles. The van der Waals surface area contributed by atoms with Crippen LogP contribution in [0.1, 0.15) is 6.42 Å². The van der Waals surface area contributed by atoms with Crippen molar-refractivity contribution >= 4 is 0 Å². The highest BCUT2D eigenvalue weighted by atomic mass is 16.5. The van der Waals surface area contributed by atoms with Crippen molar-refractivity contribution in [1.82, 2.24) is 4.90 Å². The second kappa shape index (κ2) is 3.91. The molecular weight excluding hydrogens is 128 g/mol. The molecule has 0 bridgehead atoms. The molecule has 0 amide bonds. The van der Waals surface area contributed by atoms with E-state index in [1.165, 1.54) is 0 Å². The van der Waals surface area contributed by atoms with Gasteiger partial charge in [-0.1, -0.05) is 0 Å². The van der Waals surface area contributed by atoms with E-state index in [0.29, 0.717) is 6.54 Å². The van der Waals surface area contributed by atoms with Gasteiger partial charge in [0.2, 0.25) is 0 Å². The largest absolute Gasteiger partial charge is 0.633 e. The summed E-state index contributed by atoms with van der Waals surface area (Å²) < 4.78 is -0.173. The van der Waals surface area contributed by atoms with Gasteiger partial charge in [0.15, 0.2) is 0 Å². The molecule has 0 fully saturated rings. The molecule has 0 rings (SSSR count). The number of hydrogen-bond acceptors (Lipinski definition) is 2. The van der Waals surface area contributed by atoms with Crippen LogP contribution in [0.3, 0.4) is 0 Å². The lowest BCUT2D eigenvalue weighted by molar-refractivity contribution is -0.840. The Bertz CT molecular complexity index is 86.1. The summed E-state index contributed by atoms with van der Waals surface area (Å²) in [5.74, 6) is 0. The molecule has 0 saturated carbocycles. The highest BCUT2D eigenvalue weighted by molar-refractivity contribution is 4.42. The number of hydroxylamine groups is 3. The van der Waals surface area contributed by atoms with Gasteiger partial charge >= 0.3 is 0 Å². The number of rotatable bonds is 4. The van der Waals surface area contributed by atoms with Crippen molar-refractivity contribution in [1.29, 1.82) is 0 Å². The van der Waals surface area contributed by atoms with E-state index in [4.69, 9.17) is 0 Å². The van der Waals surface area contributed by atoms with Crippen molar-refractivity contribution in [2.24, 2.45) is 0 Å². The summed E-state index contributed by atoms with van der Waals surface area (Å²) >= 11 is 0. The van der Waals surface area contributed by atoms with Crippen LogP contribution >= 0.6 is 0 Å². The zero-order valence-corrected chi connectivity index (χ0v) is 7.42. The Labute approximate surface area is 63.4 Å². The molecule has 0 aliphatic heterocycles. The molecule has 0 heterocycles. The summed E-state index contributed by atoms with van der Waals surface area (Å²) in [5, 5.41) is 11.0. The average Bonchev–Trinajstić information content (AvgIpc) is 1.59. The fourth-order valence-corrected chi connectivity index (χ4v) is 0.768. The highest BCUT2D eigenvalue weighted by Crippen LogP contribution is 1.95. The monoisotopic (exact) mass is 146 g/mol. The second-order valence-corrected chi connectivity index (χ2v) is 3.45. The van der Waals surface area contributed by atoms with E-state index in [-0.39, 0.29) is 4.65 Å². The molecule has 62 valence electrons. The van der Waals surface area contributed by atoms with Gasteiger partial charge in [-0.3, -0.25) is 0 Å². The maximum absolute atomic E-state index is 11.0. The van der Waals surface area contributed by atoms with E-state index < -0.39 is 0 Å². The molecule has 0 N–H and O–H groups in total. The smallest absolute Gasteiger partial charge is 0.0792 e. The topological polar surface area (TPSA) is 26.3 Å². The van der Waals surface area contributed by atoms with E-state index >= 15 is 0 Å². The Morgan fingerprint density at radius 3 is 2.10 bits per heavy atom. The van der Waals surface area contributed by atoms with Crippen molar-refractivity contribution in [2.45, 2.75) is 6.42 Å². The van der Waals surface area contributed by atoms with Gasteiger partial charge in [-0.2, -0.15) is 0 Å². The molecule has 0 aliphatic rings. The van der Waals surface area contributed by atoms with Crippen LogP contribution in [-0.2, 0) is 0 Å². The predicted octanol–water partition coefficient (Wildman–Crippen LogP) is 0.512. The van der Waals surface area contributed by atoms with Gasteiger partial charge in [0.1, 0.15) is 0 Å². The van der Waals surface area contributed by atoms with Crippen molar-refractivity contribution in [3.63, 3.8) is 0 Å². The summed E-state index contributed by atoms with van der Waals surface area (Å²) in [4.78, 5) is 2.09. The van der Waals surface area contributed by atoms with Gasteiger partial charge in [0.05, 0.1) is 20.6 Å². The molecule has 0 aromatic rings. The standard InChI is InChI=1S/C7H18N2O/c1-8(2)6-5-7-9(3,4)10/h5-7H2,1-4H3. The molecular formula is C7H18N2O. The van der Waals surface area contributed by atoms with Crippen molar-refractivity contribution in [2.75, 3.05) is 41.3 Å². The third-order valence-corrected chi connectivity index (χ3v) is 1.30. The fraction of sp³-hybridized carbons (Fsp3) is 1.00.